The maximum Gasteiger partial charge on any atom is 0.458 e. The summed E-state index contributed by atoms with van der Waals surface area (Å²) < 4.78 is 11.6. The van der Waals surface area contributed by atoms with Crippen LogP contribution in [0.25, 0.3) is 6.08 Å². The highest BCUT2D eigenvalue weighted by Crippen LogP contribution is 2.28. The van der Waals surface area contributed by atoms with Crippen molar-refractivity contribution in [1.82, 2.24) is 0 Å². The Kier molecular flexibility index (Phi) is 7.33. The summed E-state index contributed by atoms with van der Waals surface area (Å²) in [6.07, 6.45) is 5.91. The summed E-state index contributed by atoms with van der Waals surface area (Å²) in [5.41, 5.74) is 4.11. The third-order valence-corrected chi connectivity index (χ3v) is 4.88. The number of benzene rings is 2. The minimum absolute atomic E-state index is 0.214. The molecule has 4 nitrogen and oxygen atoms in total. The van der Waals surface area contributed by atoms with Crippen LogP contribution in [-0.4, -0.2) is 30.0 Å². The topological polar surface area (TPSA) is 58.9 Å². The third-order valence-electron chi connectivity index (χ3n) is 4.88. The molecule has 3 rings (SSSR count). The number of hydrogen-bond acceptors (Lipinski definition) is 4. The molecule has 2 aromatic rings. The Hall–Kier alpha value is -2.76. The minimum atomic E-state index is -0.784. The van der Waals surface area contributed by atoms with E-state index in [1.54, 1.807) is 12.1 Å². The van der Waals surface area contributed by atoms with Gasteiger partial charge in [0, 0.05) is 6.32 Å². The van der Waals surface area contributed by atoms with Gasteiger partial charge in [-0.1, -0.05) is 54.6 Å². The van der Waals surface area contributed by atoms with Crippen LogP contribution in [0.2, 0.25) is 6.32 Å². The maximum atomic E-state index is 9.95. The van der Waals surface area contributed by atoms with Crippen LogP contribution in [0.15, 0.2) is 84.0 Å². The van der Waals surface area contributed by atoms with E-state index in [2.05, 4.69) is 19.6 Å². The monoisotopic (exact) mass is 390 g/mol. The highest BCUT2D eigenvalue weighted by molar-refractivity contribution is 6.43. The molecule has 0 bridgehead atoms. The molecule has 150 valence electrons. The molecule has 29 heavy (non-hydrogen) atoms. The largest absolute Gasteiger partial charge is 0.508 e. The number of phenolic OH excluding ortho intramolecular Hbond substituents is 1. The van der Waals surface area contributed by atoms with Crippen LogP contribution in [0.3, 0.4) is 0 Å². The third kappa shape index (κ3) is 6.38. The molecule has 2 N–H and O–H groups in total. The maximum absolute atomic E-state index is 9.95. The van der Waals surface area contributed by atoms with Crippen molar-refractivity contribution in [3.63, 3.8) is 0 Å². The van der Waals surface area contributed by atoms with E-state index in [1.807, 2.05) is 48.5 Å². The molecule has 0 aromatic heterocycles. The van der Waals surface area contributed by atoms with Crippen molar-refractivity contribution in [1.29, 1.82) is 0 Å². The standard InChI is InChI=1S/C24H27BO4/c1-18(16-20-9-11-21(26)12-10-20)8-13-24-23(14-15-25(27)29-24)19(2)17-28-22-6-4-3-5-7-22/h3-7,9-12,14,16,24,26-27H,2,8,13,15,17H2,1H3/b18-16+. The lowest BCUT2D eigenvalue weighted by molar-refractivity contribution is 0.181. The summed E-state index contributed by atoms with van der Waals surface area (Å²) in [6.45, 7) is 6.63. The summed E-state index contributed by atoms with van der Waals surface area (Å²) in [6, 6.07) is 16.8. The van der Waals surface area contributed by atoms with E-state index in [0.29, 0.717) is 12.9 Å². The summed E-state index contributed by atoms with van der Waals surface area (Å²) >= 11 is 0. The molecule has 0 spiro atoms. The van der Waals surface area contributed by atoms with Crippen LogP contribution in [0.1, 0.15) is 25.3 Å². The number of phenols is 1. The van der Waals surface area contributed by atoms with E-state index in [4.69, 9.17) is 9.39 Å². The summed E-state index contributed by atoms with van der Waals surface area (Å²) in [5.74, 6) is 1.06. The highest BCUT2D eigenvalue weighted by atomic mass is 16.5. The quantitative estimate of drug-likeness (QED) is 0.622. The first-order valence-corrected chi connectivity index (χ1v) is 9.87. The van der Waals surface area contributed by atoms with E-state index >= 15 is 0 Å². The second-order valence-electron chi connectivity index (χ2n) is 7.30. The predicted octanol–water partition coefficient (Wildman–Crippen LogP) is 5.02. The smallest absolute Gasteiger partial charge is 0.458 e. The first kappa shape index (κ1) is 21.0. The Bertz CT molecular complexity index is 872. The van der Waals surface area contributed by atoms with Crippen molar-refractivity contribution in [2.45, 2.75) is 32.2 Å². The number of ether oxygens (including phenoxy) is 1. The Morgan fingerprint density at radius 1 is 1.21 bits per heavy atom. The number of para-hydroxylation sites is 1. The van der Waals surface area contributed by atoms with Crippen molar-refractivity contribution in [2.75, 3.05) is 6.61 Å². The van der Waals surface area contributed by atoms with Crippen molar-refractivity contribution in [2.24, 2.45) is 0 Å². The Morgan fingerprint density at radius 3 is 2.66 bits per heavy atom. The van der Waals surface area contributed by atoms with E-state index in [9.17, 15) is 10.1 Å². The van der Waals surface area contributed by atoms with E-state index in [-0.39, 0.29) is 11.9 Å². The minimum Gasteiger partial charge on any atom is -0.508 e. The van der Waals surface area contributed by atoms with Gasteiger partial charge in [-0.2, -0.15) is 0 Å². The van der Waals surface area contributed by atoms with E-state index in [1.165, 1.54) is 5.57 Å². The molecular formula is C24H27BO4. The average Bonchev–Trinajstić information content (AvgIpc) is 2.73. The fourth-order valence-electron chi connectivity index (χ4n) is 3.33. The molecule has 0 saturated carbocycles. The molecular weight excluding hydrogens is 363 g/mol. The van der Waals surface area contributed by atoms with Crippen LogP contribution in [0, 0.1) is 0 Å². The van der Waals surface area contributed by atoms with Crippen molar-refractivity contribution in [3.8, 4) is 11.5 Å². The van der Waals surface area contributed by atoms with E-state index < -0.39 is 7.12 Å². The second kappa shape index (κ2) is 10.1. The van der Waals surface area contributed by atoms with Gasteiger partial charge in [-0.3, -0.25) is 0 Å². The summed E-state index contributed by atoms with van der Waals surface area (Å²) in [5, 5.41) is 19.3. The zero-order valence-corrected chi connectivity index (χ0v) is 16.8. The number of hydrogen-bond donors (Lipinski definition) is 2. The predicted molar refractivity (Wildman–Crippen MR) is 118 cm³/mol. The Labute approximate surface area is 173 Å². The van der Waals surface area contributed by atoms with Crippen molar-refractivity contribution >= 4 is 13.2 Å². The second-order valence-corrected chi connectivity index (χ2v) is 7.30. The summed E-state index contributed by atoms with van der Waals surface area (Å²) in [4.78, 5) is 0. The lowest BCUT2D eigenvalue weighted by Gasteiger charge is -2.28. The first-order chi connectivity index (χ1) is 14.0. The molecule has 1 aliphatic heterocycles. The summed E-state index contributed by atoms with van der Waals surface area (Å²) in [7, 11) is -0.784. The molecule has 2 aromatic carbocycles. The van der Waals surface area contributed by atoms with Gasteiger partial charge in [-0.15, -0.1) is 0 Å². The lowest BCUT2D eigenvalue weighted by atomic mass is 9.78. The molecule has 1 atom stereocenters. The number of rotatable bonds is 8. The van der Waals surface area contributed by atoms with Gasteiger partial charge in [-0.05, 0) is 60.7 Å². The van der Waals surface area contributed by atoms with Crippen molar-refractivity contribution in [3.05, 3.63) is 89.5 Å². The average molecular weight is 390 g/mol. The van der Waals surface area contributed by atoms with Crippen LogP contribution in [-0.2, 0) is 4.65 Å². The van der Waals surface area contributed by atoms with Gasteiger partial charge in [0.15, 0.2) is 0 Å². The van der Waals surface area contributed by atoms with Gasteiger partial charge in [0.05, 0.1) is 6.10 Å². The fourth-order valence-corrected chi connectivity index (χ4v) is 3.33. The van der Waals surface area contributed by atoms with Gasteiger partial charge in [0.2, 0.25) is 0 Å². The highest BCUT2D eigenvalue weighted by Gasteiger charge is 2.28. The zero-order valence-electron chi connectivity index (χ0n) is 16.8. The fraction of sp³-hybridized carbons (Fsp3) is 0.250. The molecule has 5 heteroatoms. The van der Waals surface area contributed by atoms with E-state index in [0.717, 1.165) is 35.3 Å². The number of aromatic hydroxyl groups is 1. The van der Waals surface area contributed by atoms with Gasteiger partial charge in [0.25, 0.3) is 0 Å². The number of allylic oxidation sites excluding steroid dienone is 2. The van der Waals surface area contributed by atoms with Gasteiger partial charge < -0.3 is 19.5 Å². The van der Waals surface area contributed by atoms with Crippen LogP contribution in [0.4, 0.5) is 0 Å². The lowest BCUT2D eigenvalue weighted by Crippen LogP contribution is -2.32. The zero-order chi connectivity index (χ0) is 20.6. The van der Waals surface area contributed by atoms with Crippen LogP contribution >= 0.6 is 0 Å². The van der Waals surface area contributed by atoms with Crippen LogP contribution < -0.4 is 4.74 Å². The molecule has 0 radical (unpaired) electrons. The van der Waals surface area contributed by atoms with Gasteiger partial charge >= 0.3 is 7.12 Å². The Balaban J connectivity index is 1.60. The van der Waals surface area contributed by atoms with Gasteiger partial charge in [0.1, 0.15) is 18.1 Å². The molecule has 1 aliphatic rings. The molecule has 1 heterocycles. The molecule has 1 unspecified atom stereocenters. The van der Waals surface area contributed by atoms with Gasteiger partial charge in [-0.25, -0.2) is 0 Å². The van der Waals surface area contributed by atoms with Crippen LogP contribution in [0.5, 0.6) is 11.5 Å². The normalized spacial score (nSPS) is 17.0. The molecule has 0 aliphatic carbocycles. The molecule has 0 amide bonds. The first-order valence-electron chi connectivity index (χ1n) is 9.87. The Morgan fingerprint density at radius 2 is 1.93 bits per heavy atom. The van der Waals surface area contributed by atoms with Crippen molar-refractivity contribution < 1.29 is 19.5 Å². The SMILES string of the molecule is C=C(COc1ccccc1)C1=CCB(O)OC1CC/C(C)=C/c1ccc(O)cc1. The molecule has 0 saturated heterocycles. The molecule has 0 fully saturated rings.